The largest absolute Gasteiger partial charge is 0.378 e. The second-order valence-electron chi connectivity index (χ2n) is 9.79. The second kappa shape index (κ2) is 11.9. The fourth-order valence-corrected chi connectivity index (χ4v) is 5.96. The first-order valence-corrected chi connectivity index (χ1v) is 14.2. The number of carbonyl (C=O) groups excluding carboxylic acids is 2. The molecule has 8 heteroatoms. The second-order valence-corrected chi connectivity index (χ2v) is 10.8. The molecule has 6 rings (SSSR count). The van der Waals surface area contributed by atoms with Crippen LogP contribution in [0.5, 0.6) is 0 Å². The van der Waals surface area contributed by atoms with Crippen molar-refractivity contribution in [2.24, 2.45) is 4.99 Å². The molecule has 40 heavy (non-hydrogen) atoms. The summed E-state index contributed by atoms with van der Waals surface area (Å²) in [4.78, 5) is 35.8. The number of carbonyl (C=O) groups is 2. The van der Waals surface area contributed by atoms with E-state index in [-0.39, 0.29) is 18.4 Å². The van der Waals surface area contributed by atoms with Crippen LogP contribution in [0.4, 0.5) is 0 Å². The Hall–Kier alpha value is -4.14. The van der Waals surface area contributed by atoms with Gasteiger partial charge >= 0.3 is 0 Å². The fourth-order valence-electron chi connectivity index (χ4n) is 4.99. The van der Waals surface area contributed by atoms with Crippen LogP contribution in [0.3, 0.4) is 0 Å². The van der Waals surface area contributed by atoms with Gasteiger partial charge in [-0.05, 0) is 35.0 Å². The molecular weight excluding hydrogens is 520 g/mol. The molecule has 0 bridgehead atoms. The molecule has 3 heterocycles. The van der Waals surface area contributed by atoms with Crippen molar-refractivity contribution in [3.05, 3.63) is 113 Å². The number of ether oxygens (including phenoxy) is 1. The highest BCUT2D eigenvalue weighted by atomic mass is 32.2. The number of hydrogen-bond donors (Lipinski definition) is 0. The van der Waals surface area contributed by atoms with Gasteiger partial charge in [0, 0.05) is 35.8 Å². The topological polar surface area (TPSA) is 67.1 Å². The maximum absolute atomic E-state index is 13.7. The molecule has 7 nitrogen and oxygen atoms in total. The number of fused-ring (bicyclic) bond motifs is 1. The van der Waals surface area contributed by atoms with Crippen molar-refractivity contribution in [1.82, 2.24) is 14.4 Å². The third-order valence-corrected chi connectivity index (χ3v) is 8.13. The minimum Gasteiger partial charge on any atom is -0.378 e. The van der Waals surface area contributed by atoms with Crippen LogP contribution in [0.1, 0.15) is 16.7 Å². The number of para-hydroxylation sites is 1. The predicted octanol–water partition coefficient (Wildman–Crippen LogP) is 5.17. The molecule has 0 radical (unpaired) electrons. The molecular formula is C32H30N4O3S. The zero-order chi connectivity index (χ0) is 27.3. The Labute approximate surface area is 237 Å². The van der Waals surface area contributed by atoms with E-state index in [2.05, 4.69) is 0 Å². The molecule has 202 valence electrons. The van der Waals surface area contributed by atoms with E-state index >= 15 is 0 Å². The van der Waals surface area contributed by atoms with E-state index in [9.17, 15) is 9.59 Å². The molecule has 2 fully saturated rings. The number of amides is 2. The minimum atomic E-state index is -0.0677. The van der Waals surface area contributed by atoms with Crippen LogP contribution in [-0.2, 0) is 34.0 Å². The molecule has 0 N–H and O–H groups in total. The molecule has 0 saturated carbocycles. The minimum absolute atomic E-state index is 0.0677. The van der Waals surface area contributed by atoms with E-state index in [1.54, 1.807) is 4.90 Å². The van der Waals surface area contributed by atoms with Crippen molar-refractivity contribution in [1.29, 1.82) is 0 Å². The molecule has 0 atom stereocenters. The summed E-state index contributed by atoms with van der Waals surface area (Å²) in [5, 5.41) is 1.69. The lowest BCUT2D eigenvalue weighted by molar-refractivity contribution is -0.135. The van der Waals surface area contributed by atoms with Gasteiger partial charge in [-0.25, -0.2) is 0 Å². The molecule has 0 unspecified atom stereocenters. The Morgan fingerprint density at radius 3 is 2.33 bits per heavy atom. The van der Waals surface area contributed by atoms with E-state index in [0.717, 1.165) is 27.6 Å². The number of benzene rings is 3. The zero-order valence-corrected chi connectivity index (χ0v) is 22.9. The summed E-state index contributed by atoms with van der Waals surface area (Å²) in [5.74, 6) is 0.000769. The number of rotatable bonds is 7. The molecule has 2 aliphatic rings. The van der Waals surface area contributed by atoms with E-state index in [1.165, 1.54) is 11.8 Å². The van der Waals surface area contributed by atoms with Gasteiger partial charge in [0.15, 0.2) is 5.17 Å². The highest BCUT2D eigenvalue weighted by molar-refractivity contribution is 8.18. The number of morpholine rings is 1. The van der Waals surface area contributed by atoms with Crippen molar-refractivity contribution in [3.8, 4) is 0 Å². The lowest BCUT2D eigenvalue weighted by Gasteiger charge is -2.27. The van der Waals surface area contributed by atoms with Gasteiger partial charge in [-0.15, -0.1) is 0 Å². The predicted molar refractivity (Wildman–Crippen MR) is 159 cm³/mol. The highest BCUT2D eigenvalue weighted by Gasteiger charge is 2.33. The summed E-state index contributed by atoms with van der Waals surface area (Å²) < 4.78 is 7.38. The average Bonchev–Trinajstić information content (AvgIpc) is 3.50. The maximum Gasteiger partial charge on any atom is 0.267 e. The lowest BCUT2D eigenvalue weighted by atomic mass is 10.1. The Kier molecular flexibility index (Phi) is 7.79. The molecule has 2 saturated heterocycles. The van der Waals surface area contributed by atoms with Crippen LogP contribution in [-0.4, -0.2) is 57.7 Å². The van der Waals surface area contributed by atoms with Gasteiger partial charge in [0.25, 0.3) is 5.91 Å². The van der Waals surface area contributed by atoms with Crippen LogP contribution in [0, 0.1) is 0 Å². The van der Waals surface area contributed by atoms with Crippen molar-refractivity contribution < 1.29 is 14.3 Å². The molecule has 0 spiro atoms. The number of thioether (sulfide) groups is 1. The average molecular weight is 551 g/mol. The molecule has 2 amide bonds. The lowest BCUT2D eigenvalue weighted by Crippen LogP contribution is -2.42. The third kappa shape index (κ3) is 5.73. The summed E-state index contributed by atoms with van der Waals surface area (Å²) >= 11 is 1.40. The van der Waals surface area contributed by atoms with Gasteiger partial charge in [0.05, 0.1) is 31.2 Å². The maximum atomic E-state index is 13.7. The van der Waals surface area contributed by atoms with Crippen LogP contribution < -0.4 is 0 Å². The van der Waals surface area contributed by atoms with Gasteiger partial charge in [-0.2, -0.15) is 0 Å². The monoisotopic (exact) mass is 550 g/mol. The first kappa shape index (κ1) is 26.1. The Balaban J connectivity index is 1.31. The SMILES string of the molecule is O=C(Cn1cc(C=C2SC(=NCc3ccccc3)N(Cc3ccccc3)C2=O)c2ccccc21)N1CCOCC1. The molecule has 3 aromatic carbocycles. The summed E-state index contributed by atoms with van der Waals surface area (Å²) in [5.41, 5.74) is 4.01. The molecule has 4 aromatic rings. The Morgan fingerprint density at radius 2 is 1.57 bits per heavy atom. The van der Waals surface area contributed by atoms with Crippen LogP contribution in [0.15, 0.2) is 101 Å². The number of aromatic nitrogens is 1. The van der Waals surface area contributed by atoms with E-state index < -0.39 is 0 Å². The summed E-state index contributed by atoms with van der Waals surface area (Å²) in [7, 11) is 0. The van der Waals surface area contributed by atoms with Crippen molar-refractivity contribution in [2.45, 2.75) is 19.6 Å². The number of hydrogen-bond acceptors (Lipinski definition) is 5. The van der Waals surface area contributed by atoms with Crippen LogP contribution in [0.2, 0.25) is 0 Å². The quantitative estimate of drug-likeness (QED) is 0.298. The smallest absolute Gasteiger partial charge is 0.267 e. The van der Waals surface area contributed by atoms with Crippen molar-refractivity contribution in [2.75, 3.05) is 26.3 Å². The van der Waals surface area contributed by atoms with Crippen LogP contribution in [0.25, 0.3) is 17.0 Å². The number of amidine groups is 1. The van der Waals surface area contributed by atoms with Crippen LogP contribution >= 0.6 is 11.8 Å². The van der Waals surface area contributed by atoms with Crippen molar-refractivity contribution in [3.63, 3.8) is 0 Å². The zero-order valence-electron chi connectivity index (χ0n) is 22.1. The van der Waals surface area contributed by atoms with E-state index in [0.29, 0.717) is 49.5 Å². The Morgan fingerprint density at radius 1 is 0.900 bits per heavy atom. The molecule has 0 aliphatic carbocycles. The van der Waals surface area contributed by atoms with Crippen molar-refractivity contribution >= 4 is 45.7 Å². The van der Waals surface area contributed by atoms with Gasteiger partial charge < -0.3 is 14.2 Å². The first-order valence-electron chi connectivity index (χ1n) is 13.4. The summed E-state index contributed by atoms with van der Waals surface area (Å²) in [6.45, 7) is 3.57. The van der Waals surface area contributed by atoms with Gasteiger partial charge in [-0.1, -0.05) is 78.9 Å². The van der Waals surface area contributed by atoms with Gasteiger partial charge in [0.1, 0.15) is 6.54 Å². The van der Waals surface area contributed by atoms with E-state index in [4.69, 9.17) is 9.73 Å². The normalized spacial score (nSPS) is 17.9. The Bertz CT molecular complexity index is 1570. The third-order valence-electron chi connectivity index (χ3n) is 7.09. The first-order chi connectivity index (χ1) is 19.7. The number of aliphatic imine (C=N–C) groups is 1. The summed E-state index contributed by atoms with van der Waals surface area (Å²) in [6, 6.07) is 28.0. The highest BCUT2D eigenvalue weighted by Crippen LogP contribution is 2.35. The van der Waals surface area contributed by atoms with Gasteiger partial charge in [-0.3, -0.25) is 19.5 Å². The van der Waals surface area contributed by atoms with E-state index in [1.807, 2.05) is 107 Å². The van der Waals surface area contributed by atoms with Gasteiger partial charge in [0.2, 0.25) is 5.91 Å². The standard InChI is InChI=1S/C32H30N4O3S/c37-30(34-15-17-39-18-16-34)23-35-22-26(27-13-7-8-14-28(27)35)19-29-31(38)36(21-25-11-5-2-6-12-25)32(40-29)33-20-24-9-3-1-4-10-24/h1-14,19,22H,15-18,20-21,23H2. The summed E-state index contributed by atoms with van der Waals surface area (Å²) in [6.07, 6.45) is 3.92. The fraction of sp³-hybridized carbons (Fsp3) is 0.219. The number of nitrogens with zero attached hydrogens (tertiary/aromatic N) is 4. The molecule has 2 aliphatic heterocycles. The molecule has 1 aromatic heterocycles.